The Morgan fingerprint density at radius 1 is 1.42 bits per heavy atom. The molecule has 6 nitrogen and oxygen atoms in total. The van der Waals surface area contributed by atoms with E-state index in [4.69, 9.17) is 4.74 Å². The van der Waals surface area contributed by atoms with Crippen LogP contribution in [0.2, 0.25) is 0 Å². The van der Waals surface area contributed by atoms with Crippen LogP contribution >= 0.6 is 0 Å². The number of hydrogen-bond acceptors (Lipinski definition) is 5. The number of ether oxygens (including phenoxy) is 1. The van der Waals surface area contributed by atoms with Gasteiger partial charge in [-0.3, -0.25) is 4.68 Å². The molecule has 2 N–H and O–H groups in total. The van der Waals surface area contributed by atoms with Gasteiger partial charge in [0.1, 0.15) is 0 Å². The van der Waals surface area contributed by atoms with Gasteiger partial charge in [0.2, 0.25) is 0 Å². The monoisotopic (exact) mass is 262 g/mol. The predicted octanol–water partition coefficient (Wildman–Crippen LogP) is 1.17. The summed E-state index contributed by atoms with van der Waals surface area (Å²) in [6.07, 6.45) is 4.46. The van der Waals surface area contributed by atoms with Crippen LogP contribution in [0.5, 0.6) is 11.5 Å². The number of aromatic hydroxyl groups is 1. The van der Waals surface area contributed by atoms with Crippen LogP contribution in [0.3, 0.4) is 0 Å². The van der Waals surface area contributed by atoms with E-state index in [-0.39, 0.29) is 5.75 Å². The van der Waals surface area contributed by atoms with Crippen molar-refractivity contribution in [1.82, 2.24) is 20.3 Å². The number of nitrogens with one attached hydrogen (secondary N) is 1. The molecule has 0 saturated carbocycles. The first-order chi connectivity index (χ1) is 9.31. The van der Waals surface area contributed by atoms with E-state index >= 15 is 0 Å². The highest BCUT2D eigenvalue weighted by Crippen LogP contribution is 2.28. The number of rotatable bonds is 7. The molecular weight excluding hydrogens is 244 g/mol. The summed E-state index contributed by atoms with van der Waals surface area (Å²) in [5.41, 5.74) is 0.833. The number of phenols is 1. The second-order valence-corrected chi connectivity index (χ2v) is 4.16. The minimum absolute atomic E-state index is 0.203. The first-order valence-corrected chi connectivity index (χ1v) is 6.21. The maximum atomic E-state index is 9.91. The zero-order chi connectivity index (χ0) is 13.5. The zero-order valence-corrected chi connectivity index (χ0v) is 10.9. The summed E-state index contributed by atoms with van der Waals surface area (Å²) in [4.78, 5) is 0. The van der Waals surface area contributed by atoms with Crippen LogP contribution < -0.4 is 10.1 Å². The first kappa shape index (κ1) is 13.4. The Morgan fingerprint density at radius 3 is 3.05 bits per heavy atom. The van der Waals surface area contributed by atoms with Crippen LogP contribution in [-0.2, 0) is 13.1 Å². The molecule has 0 fully saturated rings. The Balaban J connectivity index is 1.73. The van der Waals surface area contributed by atoms with Gasteiger partial charge in [0.05, 0.1) is 13.3 Å². The molecule has 0 atom stereocenters. The SMILES string of the molecule is COc1cccc(CNCCCn2ccnn2)c1O. The van der Waals surface area contributed by atoms with Crippen molar-refractivity contribution < 1.29 is 9.84 Å². The minimum Gasteiger partial charge on any atom is -0.504 e. The number of aryl methyl sites for hydroxylation is 1. The lowest BCUT2D eigenvalue weighted by Crippen LogP contribution is -2.16. The van der Waals surface area contributed by atoms with Gasteiger partial charge in [0.15, 0.2) is 11.5 Å². The molecule has 0 saturated heterocycles. The van der Waals surface area contributed by atoms with Crippen molar-refractivity contribution in [3.05, 3.63) is 36.2 Å². The Hall–Kier alpha value is -2.08. The molecule has 0 radical (unpaired) electrons. The summed E-state index contributed by atoms with van der Waals surface area (Å²) in [7, 11) is 1.55. The molecule has 1 aromatic carbocycles. The van der Waals surface area contributed by atoms with Gasteiger partial charge in [-0.1, -0.05) is 17.3 Å². The third-order valence-electron chi connectivity index (χ3n) is 2.83. The van der Waals surface area contributed by atoms with E-state index in [2.05, 4.69) is 15.6 Å². The normalized spacial score (nSPS) is 10.6. The molecule has 1 aromatic heterocycles. The van der Waals surface area contributed by atoms with Crippen molar-refractivity contribution in [3.8, 4) is 11.5 Å². The van der Waals surface area contributed by atoms with Crippen molar-refractivity contribution in [1.29, 1.82) is 0 Å². The fraction of sp³-hybridized carbons (Fsp3) is 0.385. The van der Waals surface area contributed by atoms with Gasteiger partial charge in [-0.25, -0.2) is 0 Å². The van der Waals surface area contributed by atoms with E-state index in [0.717, 1.165) is 25.1 Å². The topological polar surface area (TPSA) is 72.2 Å². The number of nitrogens with zero attached hydrogens (tertiary/aromatic N) is 3. The third-order valence-corrected chi connectivity index (χ3v) is 2.83. The molecule has 0 aliphatic heterocycles. The molecule has 1 heterocycles. The first-order valence-electron chi connectivity index (χ1n) is 6.21. The molecule has 0 unspecified atom stereocenters. The number of aromatic nitrogens is 3. The van der Waals surface area contributed by atoms with E-state index in [9.17, 15) is 5.11 Å². The van der Waals surface area contributed by atoms with E-state index in [1.807, 2.05) is 18.3 Å². The second kappa shape index (κ2) is 6.75. The van der Waals surface area contributed by atoms with E-state index in [1.54, 1.807) is 24.1 Å². The van der Waals surface area contributed by atoms with Crippen molar-refractivity contribution in [2.75, 3.05) is 13.7 Å². The highest BCUT2D eigenvalue weighted by atomic mass is 16.5. The Morgan fingerprint density at radius 2 is 2.32 bits per heavy atom. The van der Waals surface area contributed by atoms with Crippen molar-refractivity contribution >= 4 is 0 Å². The highest BCUT2D eigenvalue weighted by molar-refractivity contribution is 5.45. The fourth-order valence-electron chi connectivity index (χ4n) is 1.82. The number of phenolic OH excluding ortho intramolecular Hbond substituents is 1. The second-order valence-electron chi connectivity index (χ2n) is 4.16. The number of para-hydroxylation sites is 1. The quantitative estimate of drug-likeness (QED) is 0.733. The van der Waals surface area contributed by atoms with Gasteiger partial charge in [-0.2, -0.15) is 0 Å². The molecule has 0 aliphatic rings. The van der Waals surface area contributed by atoms with Gasteiger partial charge >= 0.3 is 0 Å². The largest absolute Gasteiger partial charge is 0.504 e. The molecule has 0 bridgehead atoms. The molecule has 2 aromatic rings. The standard InChI is InChI=1S/C13H18N4O2/c1-19-12-5-2-4-11(13(12)18)10-14-6-3-8-17-9-7-15-16-17/h2,4-5,7,9,14,18H,3,6,8,10H2,1H3. The summed E-state index contributed by atoms with van der Waals surface area (Å²) in [6.45, 7) is 2.29. The summed E-state index contributed by atoms with van der Waals surface area (Å²) >= 11 is 0. The van der Waals surface area contributed by atoms with Gasteiger partial charge in [-0.15, -0.1) is 5.10 Å². The molecular formula is C13H18N4O2. The summed E-state index contributed by atoms with van der Waals surface area (Å²) in [6, 6.07) is 5.48. The van der Waals surface area contributed by atoms with Crippen molar-refractivity contribution in [3.63, 3.8) is 0 Å². The molecule has 19 heavy (non-hydrogen) atoms. The van der Waals surface area contributed by atoms with Crippen molar-refractivity contribution in [2.24, 2.45) is 0 Å². The lowest BCUT2D eigenvalue weighted by molar-refractivity contribution is 0.369. The molecule has 6 heteroatoms. The van der Waals surface area contributed by atoms with Crippen LogP contribution in [0.4, 0.5) is 0 Å². The summed E-state index contributed by atoms with van der Waals surface area (Å²) in [5, 5.41) is 20.8. The lowest BCUT2D eigenvalue weighted by Gasteiger charge is -2.09. The van der Waals surface area contributed by atoms with Gasteiger partial charge < -0.3 is 15.2 Å². The average Bonchev–Trinajstić information content (AvgIpc) is 2.93. The van der Waals surface area contributed by atoms with Gasteiger partial charge in [0.25, 0.3) is 0 Å². The van der Waals surface area contributed by atoms with Crippen LogP contribution in [0.15, 0.2) is 30.6 Å². The molecule has 0 amide bonds. The Bertz CT molecular complexity index is 499. The maximum absolute atomic E-state index is 9.91. The fourth-order valence-corrected chi connectivity index (χ4v) is 1.82. The lowest BCUT2D eigenvalue weighted by atomic mass is 10.2. The minimum atomic E-state index is 0.203. The molecule has 0 aliphatic carbocycles. The van der Waals surface area contributed by atoms with Crippen LogP contribution in [-0.4, -0.2) is 33.8 Å². The predicted molar refractivity (Wildman–Crippen MR) is 71.0 cm³/mol. The maximum Gasteiger partial charge on any atom is 0.162 e. The molecule has 0 spiro atoms. The zero-order valence-electron chi connectivity index (χ0n) is 10.9. The van der Waals surface area contributed by atoms with Crippen LogP contribution in [0.1, 0.15) is 12.0 Å². The smallest absolute Gasteiger partial charge is 0.162 e. The van der Waals surface area contributed by atoms with E-state index < -0.39 is 0 Å². The molecule has 102 valence electrons. The summed E-state index contributed by atoms with van der Waals surface area (Å²) < 4.78 is 6.86. The Labute approximate surface area is 112 Å². The van der Waals surface area contributed by atoms with E-state index in [1.165, 1.54) is 0 Å². The van der Waals surface area contributed by atoms with Gasteiger partial charge in [0, 0.05) is 24.8 Å². The third kappa shape index (κ3) is 3.69. The number of hydrogen-bond donors (Lipinski definition) is 2. The molecule has 2 rings (SSSR count). The Kier molecular flexibility index (Phi) is 4.74. The van der Waals surface area contributed by atoms with Crippen LogP contribution in [0.25, 0.3) is 0 Å². The van der Waals surface area contributed by atoms with Crippen LogP contribution in [0, 0.1) is 0 Å². The summed E-state index contributed by atoms with van der Waals surface area (Å²) in [5.74, 6) is 0.704. The number of methoxy groups -OCH3 is 1. The average molecular weight is 262 g/mol. The highest BCUT2D eigenvalue weighted by Gasteiger charge is 2.06. The van der Waals surface area contributed by atoms with Crippen molar-refractivity contribution in [2.45, 2.75) is 19.5 Å². The van der Waals surface area contributed by atoms with E-state index in [0.29, 0.717) is 12.3 Å². The number of benzene rings is 1. The van der Waals surface area contributed by atoms with Gasteiger partial charge in [-0.05, 0) is 19.0 Å².